The molecule has 1 amide bonds. The van der Waals surface area contributed by atoms with Crippen LogP contribution in [0.4, 0.5) is 8.78 Å². The summed E-state index contributed by atoms with van der Waals surface area (Å²) in [5.74, 6) is -0.518. The number of ether oxygens (including phenoxy) is 2. The molecule has 0 radical (unpaired) electrons. The van der Waals surface area contributed by atoms with Crippen molar-refractivity contribution in [2.24, 2.45) is 13.0 Å². The third kappa shape index (κ3) is 4.90. The van der Waals surface area contributed by atoms with Gasteiger partial charge in [-0.2, -0.15) is 5.10 Å². The number of hydrogen-bond donors (Lipinski definition) is 1. The SMILES string of the molecule is COc1ccc([C@H](NC(=O)c2cc(F)c3cnc(CCC4COC4)nc3c2)c2cnn(C)c2)cc1F. The summed E-state index contributed by atoms with van der Waals surface area (Å²) in [6.07, 6.45) is 6.29. The van der Waals surface area contributed by atoms with Crippen LogP contribution in [0.1, 0.15) is 39.8 Å². The molecule has 36 heavy (non-hydrogen) atoms. The molecule has 0 saturated carbocycles. The molecule has 0 bridgehead atoms. The molecule has 10 heteroatoms. The lowest BCUT2D eigenvalue weighted by atomic mass is 10.00. The van der Waals surface area contributed by atoms with Crippen molar-refractivity contribution in [1.82, 2.24) is 25.1 Å². The van der Waals surface area contributed by atoms with E-state index in [0.717, 1.165) is 25.7 Å². The Bertz CT molecular complexity index is 1420. The number of hydrogen-bond acceptors (Lipinski definition) is 6. The molecule has 1 aliphatic heterocycles. The van der Waals surface area contributed by atoms with Crippen LogP contribution in [0, 0.1) is 17.6 Å². The summed E-state index contributed by atoms with van der Waals surface area (Å²) in [5.41, 5.74) is 1.57. The monoisotopic (exact) mass is 493 g/mol. The van der Waals surface area contributed by atoms with Crippen LogP contribution < -0.4 is 10.1 Å². The van der Waals surface area contributed by atoms with Gasteiger partial charge in [-0.15, -0.1) is 0 Å². The molecule has 4 aromatic rings. The summed E-state index contributed by atoms with van der Waals surface area (Å²) in [6.45, 7) is 1.48. The number of benzene rings is 2. The Kier molecular flexibility index (Phi) is 6.60. The number of amides is 1. The van der Waals surface area contributed by atoms with E-state index < -0.39 is 23.6 Å². The van der Waals surface area contributed by atoms with Crippen molar-refractivity contribution in [2.45, 2.75) is 18.9 Å². The van der Waals surface area contributed by atoms with Crippen molar-refractivity contribution in [1.29, 1.82) is 0 Å². The molecular weight excluding hydrogens is 468 g/mol. The fraction of sp³-hybridized carbons (Fsp3) is 0.308. The highest BCUT2D eigenvalue weighted by molar-refractivity contribution is 5.98. The molecule has 1 atom stereocenters. The third-order valence-corrected chi connectivity index (χ3v) is 6.29. The highest BCUT2D eigenvalue weighted by atomic mass is 19.1. The zero-order valence-electron chi connectivity index (χ0n) is 19.9. The smallest absolute Gasteiger partial charge is 0.252 e. The highest BCUT2D eigenvalue weighted by Gasteiger charge is 2.23. The Labute approximate surface area is 206 Å². The molecule has 1 fully saturated rings. The van der Waals surface area contributed by atoms with Gasteiger partial charge >= 0.3 is 0 Å². The van der Waals surface area contributed by atoms with E-state index in [2.05, 4.69) is 20.4 Å². The Hall–Kier alpha value is -3.92. The van der Waals surface area contributed by atoms with Crippen LogP contribution in [0.2, 0.25) is 0 Å². The Morgan fingerprint density at radius 2 is 2.03 bits per heavy atom. The van der Waals surface area contributed by atoms with E-state index in [9.17, 15) is 13.6 Å². The van der Waals surface area contributed by atoms with Gasteiger partial charge < -0.3 is 14.8 Å². The van der Waals surface area contributed by atoms with E-state index >= 15 is 0 Å². The first kappa shape index (κ1) is 23.8. The van der Waals surface area contributed by atoms with Gasteiger partial charge in [-0.1, -0.05) is 6.07 Å². The van der Waals surface area contributed by atoms with Crippen molar-refractivity contribution in [3.8, 4) is 5.75 Å². The van der Waals surface area contributed by atoms with E-state index in [-0.39, 0.29) is 16.7 Å². The molecule has 186 valence electrons. The second-order valence-electron chi connectivity index (χ2n) is 8.87. The van der Waals surface area contributed by atoms with E-state index in [0.29, 0.717) is 34.8 Å². The Balaban J connectivity index is 1.43. The molecule has 1 aliphatic rings. The van der Waals surface area contributed by atoms with Crippen LogP contribution in [0.25, 0.3) is 10.9 Å². The number of aryl methyl sites for hydroxylation is 2. The maximum Gasteiger partial charge on any atom is 0.252 e. The predicted octanol–water partition coefficient (Wildman–Crippen LogP) is 3.75. The van der Waals surface area contributed by atoms with Crippen molar-refractivity contribution in [3.63, 3.8) is 0 Å². The summed E-state index contributed by atoms with van der Waals surface area (Å²) < 4.78 is 41.1. The molecule has 8 nitrogen and oxygen atoms in total. The fourth-order valence-corrected chi connectivity index (χ4v) is 4.19. The molecule has 0 unspecified atom stereocenters. The minimum Gasteiger partial charge on any atom is -0.494 e. The van der Waals surface area contributed by atoms with Gasteiger partial charge in [-0.3, -0.25) is 9.48 Å². The summed E-state index contributed by atoms with van der Waals surface area (Å²) >= 11 is 0. The maximum atomic E-state index is 14.9. The zero-order chi connectivity index (χ0) is 25.2. The van der Waals surface area contributed by atoms with Gasteiger partial charge in [0.25, 0.3) is 5.91 Å². The van der Waals surface area contributed by atoms with E-state index in [1.54, 1.807) is 36.3 Å². The van der Waals surface area contributed by atoms with Crippen molar-refractivity contribution < 1.29 is 23.0 Å². The second-order valence-corrected chi connectivity index (χ2v) is 8.87. The molecule has 0 spiro atoms. The number of rotatable bonds is 8. The maximum absolute atomic E-state index is 14.9. The summed E-state index contributed by atoms with van der Waals surface area (Å²) in [7, 11) is 3.12. The van der Waals surface area contributed by atoms with E-state index in [1.165, 1.54) is 25.4 Å². The Morgan fingerprint density at radius 1 is 1.19 bits per heavy atom. The van der Waals surface area contributed by atoms with Gasteiger partial charge in [0.1, 0.15) is 11.6 Å². The lowest BCUT2D eigenvalue weighted by Crippen LogP contribution is -2.29. The second kappa shape index (κ2) is 9.98. The van der Waals surface area contributed by atoms with Crippen LogP contribution in [-0.2, 0) is 18.2 Å². The van der Waals surface area contributed by atoms with Crippen molar-refractivity contribution in [2.75, 3.05) is 20.3 Å². The van der Waals surface area contributed by atoms with E-state index in [1.807, 2.05) is 0 Å². The fourth-order valence-electron chi connectivity index (χ4n) is 4.19. The largest absolute Gasteiger partial charge is 0.494 e. The number of methoxy groups -OCH3 is 1. The average molecular weight is 494 g/mol. The lowest BCUT2D eigenvalue weighted by Gasteiger charge is -2.25. The van der Waals surface area contributed by atoms with Crippen LogP contribution in [0.15, 0.2) is 48.9 Å². The molecule has 2 aromatic heterocycles. The first-order valence-corrected chi connectivity index (χ1v) is 11.6. The summed E-state index contributed by atoms with van der Waals surface area (Å²) in [4.78, 5) is 22.0. The van der Waals surface area contributed by atoms with Gasteiger partial charge in [0, 0.05) is 42.9 Å². The normalized spacial score (nSPS) is 14.4. The zero-order valence-corrected chi connectivity index (χ0v) is 19.9. The molecular formula is C26H25F2N5O3. The highest BCUT2D eigenvalue weighted by Crippen LogP contribution is 2.27. The molecule has 3 heterocycles. The average Bonchev–Trinajstić information content (AvgIpc) is 3.27. The number of halogens is 2. The number of carbonyl (C=O) groups is 1. The summed E-state index contributed by atoms with van der Waals surface area (Å²) in [6, 6.07) is 6.42. The molecule has 2 aromatic carbocycles. The quantitative estimate of drug-likeness (QED) is 0.402. The number of carbonyl (C=O) groups excluding carboxylic acids is 1. The molecule has 5 rings (SSSR count). The number of fused-ring (bicyclic) bond motifs is 1. The lowest BCUT2D eigenvalue weighted by molar-refractivity contribution is -0.0354. The Morgan fingerprint density at radius 3 is 2.69 bits per heavy atom. The molecule has 1 N–H and O–H groups in total. The molecule has 1 saturated heterocycles. The standard InChI is InChI=1S/C26H25F2N5O3/c1-33-12-18(10-30-33)25(16-4-5-23(35-2)21(28)7-16)32-26(34)17-8-20(27)19-11-29-24(31-22(19)9-17)6-3-15-13-36-14-15/h4-5,7-12,15,25H,3,6,13-14H2,1-2H3,(H,32,34)/t25-/m0/s1. The van der Waals surface area contributed by atoms with Gasteiger partial charge in [-0.25, -0.2) is 18.7 Å². The van der Waals surface area contributed by atoms with Gasteiger partial charge in [0.15, 0.2) is 11.6 Å². The number of nitrogens with zero attached hydrogens (tertiary/aromatic N) is 4. The van der Waals surface area contributed by atoms with Gasteiger partial charge in [-0.05, 0) is 36.2 Å². The van der Waals surface area contributed by atoms with Crippen LogP contribution in [0.3, 0.4) is 0 Å². The van der Waals surface area contributed by atoms with Crippen molar-refractivity contribution >= 4 is 16.8 Å². The minimum absolute atomic E-state index is 0.0898. The minimum atomic E-state index is -0.726. The van der Waals surface area contributed by atoms with E-state index in [4.69, 9.17) is 9.47 Å². The molecule has 0 aliphatic carbocycles. The van der Waals surface area contributed by atoms with Crippen LogP contribution in [-0.4, -0.2) is 46.0 Å². The number of aromatic nitrogens is 4. The van der Waals surface area contributed by atoms with Gasteiger partial charge in [0.2, 0.25) is 0 Å². The first-order valence-electron chi connectivity index (χ1n) is 11.6. The third-order valence-electron chi connectivity index (χ3n) is 6.29. The van der Waals surface area contributed by atoms with Crippen LogP contribution in [0.5, 0.6) is 5.75 Å². The van der Waals surface area contributed by atoms with Crippen molar-refractivity contribution in [3.05, 3.63) is 83.1 Å². The summed E-state index contributed by atoms with van der Waals surface area (Å²) in [5, 5.41) is 7.29. The topological polar surface area (TPSA) is 91.2 Å². The van der Waals surface area contributed by atoms with Gasteiger partial charge in [0.05, 0.1) is 43.5 Å². The predicted molar refractivity (Wildman–Crippen MR) is 128 cm³/mol. The first-order chi connectivity index (χ1) is 17.4. The van der Waals surface area contributed by atoms with Crippen LogP contribution >= 0.6 is 0 Å². The number of nitrogens with one attached hydrogen (secondary N) is 1.